The van der Waals surface area contributed by atoms with Crippen LogP contribution in [0.4, 0.5) is 0 Å². The van der Waals surface area contributed by atoms with Gasteiger partial charge in [0.1, 0.15) is 6.26 Å². The summed E-state index contributed by atoms with van der Waals surface area (Å²) in [7, 11) is 0. The first-order valence-electron chi connectivity index (χ1n) is 7.94. The minimum Gasteiger partial charge on any atom is -0.444 e. The van der Waals surface area contributed by atoms with Crippen LogP contribution in [0.2, 0.25) is 0 Å². The van der Waals surface area contributed by atoms with E-state index in [1.54, 1.807) is 6.26 Å². The van der Waals surface area contributed by atoms with E-state index in [-0.39, 0.29) is 6.04 Å². The lowest BCUT2D eigenvalue weighted by Gasteiger charge is -2.13. The SMILES string of the molecule is Cc1ccc([C@@H](C)NCc2coc(-c3ccccc3C)n2)cc1. The number of hydrogen-bond acceptors (Lipinski definition) is 3. The second-order valence-corrected chi connectivity index (χ2v) is 5.97. The van der Waals surface area contributed by atoms with Crippen molar-refractivity contribution in [2.24, 2.45) is 0 Å². The molecule has 3 nitrogen and oxygen atoms in total. The third-order valence-electron chi connectivity index (χ3n) is 4.09. The molecule has 0 radical (unpaired) electrons. The summed E-state index contributed by atoms with van der Waals surface area (Å²) in [4.78, 5) is 4.59. The van der Waals surface area contributed by atoms with Crippen LogP contribution in [0.1, 0.15) is 35.3 Å². The molecule has 1 heterocycles. The molecule has 3 aromatic rings. The van der Waals surface area contributed by atoms with Gasteiger partial charge in [-0.1, -0.05) is 48.0 Å². The standard InChI is InChI=1S/C20H22N2O/c1-14-8-10-17(11-9-14)16(3)21-12-18-13-23-20(22-18)19-7-5-4-6-15(19)2/h4-11,13,16,21H,12H2,1-3H3/t16-/m1/s1. The van der Waals surface area contributed by atoms with E-state index in [4.69, 9.17) is 4.42 Å². The summed E-state index contributed by atoms with van der Waals surface area (Å²) in [5.41, 5.74) is 5.69. The number of hydrogen-bond donors (Lipinski definition) is 1. The molecule has 1 aromatic heterocycles. The number of aryl methyl sites for hydroxylation is 2. The van der Waals surface area contributed by atoms with E-state index in [9.17, 15) is 0 Å². The first kappa shape index (κ1) is 15.5. The minimum absolute atomic E-state index is 0.272. The monoisotopic (exact) mass is 306 g/mol. The van der Waals surface area contributed by atoms with Gasteiger partial charge >= 0.3 is 0 Å². The Balaban J connectivity index is 1.65. The largest absolute Gasteiger partial charge is 0.444 e. The number of rotatable bonds is 5. The second kappa shape index (κ2) is 6.80. The molecule has 2 aromatic carbocycles. The minimum atomic E-state index is 0.272. The molecular weight excluding hydrogens is 284 g/mol. The van der Waals surface area contributed by atoms with Gasteiger partial charge in [-0.05, 0) is 38.0 Å². The number of oxazole rings is 1. The molecule has 3 rings (SSSR count). The topological polar surface area (TPSA) is 38.1 Å². The molecule has 0 aliphatic carbocycles. The van der Waals surface area contributed by atoms with Gasteiger partial charge in [-0.25, -0.2) is 4.98 Å². The van der Waals surface area contributed by atoms with Crippen LogP contribution in [0.5, 0.6) is 0 Å². The summed E-state index contributed by atoms with van der Waals surface area (Å²) >= 11 is 0. The summed E-state index contributed by atoms with van der Waals surface area (Å²) in [5, 5.41) is 3.49. The van der Waals surface area contributed by atoms with E-state index in [1.807, 2.05) is 18.2 Å². The van der Waals surface area contributed by atoms with E-state index < -0.39 is 0 Å². The lowest BCUT2D eigenvalue weighted by atomic mass is 10.1. The van der Waals surface area contributed by atoms with Gasteiger partial charge in [0.15, 0.2) is 0 Å². The molecule has 0 saturated heterocycles. The van der Waals surface area contributed by atoms with Gasteiger partial charge in [-0.15, -0.1) is 0 Å². The van der Waals surface area contributed by atoms with E-state index in [1.165, 1.54) is 16.7 Å². The molecule has 0 amide bonds. The van der Waals surface area contributed by atoms with Crippen molar-refractivity contribution in [2.75, 3.05) is 0 Å². The molecule has 23 heavy (non-hydrogen) atoms. The molecule has 0 unspecified atom stereocenters. The Hall–Kier alpha value is -2.39. The van der Waals surface area contributed by atoms with Crippen molar-refractivity contribution in [1.82, 2.24) is 10.3 Å². The van der Waals surface area contributed by atoms with E-state index in [0.717, 1.165) is 11.3 Å². The van der Waals surface area contributed by atoms with Crippen LogP contribution in [-0.2, 0) is 6.54 Å². The van der Waals surface area contributed by atoms with Crippen LogP contribution in [0.25, 0.3) is 11.5 Å². The smallest absolute Gasteiger partial charge is 0.226 e. The Bertz CT molecular complexity index is 774. The van der Waals surface area contributed by atoms with Crippen LogP contribution in [0, 0.1) is 13.8 Å². The number of nitrogens with zero attached hydrogens (tertiary/aromatic N) is 1. The fourth-order valence-corrected chi connectivity index (χ4v) is 2.56. The Kier molecular flexibility index (Phi) is 4.58. The maximum atomic E-state index is 5.63. The summed E-state index contributed by atoms with van der Waals surface area (Å²) in [6.45, 7) is 7.01. The lowest BCUT2D eigenvalue weighted by molar-refractivity contribution is 0.553. The Morgan fingerprint density at radius 3 is 2.52 bits per heavy atom. The van der Waals surface area contributed by atoms with Crippen molar-refractivity contribution >= 4 is 0 Å². The average molecular weight is 306 g/mol. The van der Waals surface area contributed by atoms with Crippen LogP contribution >= 0.6 is 0 Å². The fourth-order valence-electron chi connectivity index (χ4n) is 2.56. The molecule has 0 aliphatic rings. The average Bonchev–Trinajstić information content (AvgIpc) is 3.02. The van der Waals surface area contributed by atoms with Gasteiger partial charge in [0.25, 0.3) is 0 Å². The third-order valence-corrected chi connectivity index (χ3v) is 4.09. The van der Waals surface area contributed by atoms with Gasteiger partial charge < -0.3 is 9.73 Å². The van der Waals surface area contributed by atoms with Crippen LogP contribution in [0.15, 0.2) is 59.2 Å². The molecule has 0 fully saturated rings. The second-order valence-electron chi connectivity index (χ2n) is 5.97. The van der Waals surface area contributed by atoms with E-state index in [2.05, 4.69) is 61.4 Å². The molecule has 0 spiro atoms. The first-order chi connectivity index (χ1) is 11.1. The van der Waals surface area contributed by atoms with Crippen LogP contribution in [-0.4, -0.2) is 4.98 Å². The van der Waals surface area contributed by atoms with Gasteiger partial charge in [-0.2, -0.15) is 0 Å². The summed E-state index contributed by atoms with van der Waals surface area (Å²) in [6.07, 6.45) is 1.73. The Labute approximate surface area is 137 Å². The zero-order chi connectivity index (χ0) is 16.2. The van der Waals surface area contributed by atoms with Gasteiger partial charge in [-0.3, -0.25) is 0 Å². The van der Waals surface area contributed by atoms with Gasteiger partial charge in [0, 0.05) is 18.2 Å². The fraction of sp³-hybridized carbons (Fsp3) is 0.250. The third kappa shape index (κ3) is 3.69. The molecule has 118 valence electrons. The number of benzene rings is 2. The maximum Gasteiger partial charge on any atom is 0.226 e. The summed E-state index contributed by atoms with van der Waals surface area (Å²) in [5.74, 6) is 0.683. The van der Waals surface area contributed by atoms with E-state index >= 15 is 0 Å². The maximum absolute atomic E-state index is 5.63. The van der Waals surface area contributed by atoms with Gasteiger partial charge in [0.2, 0.25) is 5.89 Å². The normalized spacial score (nSPS) is 12.3. The zero-order valence-electron chi connectivity index (χ0n) is 13.8. The lowest BCUT2D eigenvalue weighted by Crippen LogP contribution is -2.18. The van der Waals surface area contributed by atoms with Crippen molar-refractivity contribution in [3.63, 3.8) is 0 Å². The molecule has 1 N–H and O–H groups in total. The highest BCUT2D eigenvalue weighted by molar-refractivity contribution is 5.58. The summed E-state index contributed by atoms with van der Waals surface area (Å²) in [6, 6.07) is 17.0. The first-order valence-corrected chi connectivity index (χ1v) is 7.94. The zero-order valence-corrected chi connectivity index (χ0v) is 13.8. The molecular formula is C20H22N2O. The van der Waals surface area contributed by atoms with Crippen molar-refractivity contribution in [1.29, 1.82) is 0 Å². The van der Waals surface area contributed by atoms with Crippen LogP contribution < -0.4 is 5.32 Å². The highest BCUT2D eigenvalue weighted by atomic mass is 16.3. The number of nitrogens with one attached hydrogen (secondary N) is 1. The molecule has 0 saturated carbocycles. The molecule has 0 bridgehead atoms. The molecule has 3 heteroatoms. The van der Waals surface area contributed by atoms with Crippen molar-refractivity contribution in [3.05, 3.63) is 77.2 Å². The summed E-state index contributed by atoms with van der Waals surface area (Å²) < 4.78 is 5.63. The predicted molar refractivity (Wildman–Crippen MR) is 93.1 cm³/mol. The predicted octanol–water partition coefficient (Wildman–Crippen LogP) is 4.81. The van der Waals surface area contributed by atoms with Gasteiger partial charge in [0.05, 0.1) is 5.69 Å². The quantitative estimate of drug-likeness (QED) is 0.735. The van der Waals surface area contributed by atoms with Crippen molar-refractivity contribution in [2.45, 2.75) is 33.4 Å². The van der Waals surface area contributed by atoms with Crippen LogP contribution in [0.3, 0.4) is 0 Å². The van der Waals surface area contributed by atoms with Crippen molar-refractivity contribution in [3.8, 4) is 11.5 Å². The highest BCUT2D eigenvalue weighted by Crippen LogP contribution is 2.22. The highest BCUT2D eigenvalue weighted by Gasteiger charge is 2.10. The molecule has 0 aliphatic heterocycles. The van der Waals surface area contributed by atoms with E-state index in [0.29, 0.717) is 12.4 Å². The Morgan fingerprint density at radius 2 is 1.78 bits per heavy atom. The van der Waals surface area contributed by atoms with Crippen molar-refractivity contribution < 1.29 is 4.42 Å². The Morgan fingerprint density at radius 1 is 1.04 bits per heavy atom. The number of aromatic nitrogens is 1. The molecule has 1 atom stereocenters.